The van der Waals surface area contributed by atoms with Gasteiger partial charge in [-0.15, -0.1) is 0 Å². The predicted octanol–water partition coefficient (Wildman–Crippen LogP) is 7.07. The Morgan fingerprint density at radius 2 is 1.62 bits per heavy atom. The lowest BCUT2D eigenvalue weighted by Crippen LogP contribution is -2.25. The van der Waals surface area contributed by atoms with Gasteiger partial charge in [0.25, 0.3) is 0 Å². The highest BCUT2D eigenvalue weighted by Crippen LogP contribution is 2.39. The van der Waals surface area contributed by atoms with Gasteiger partial charge in [0.1, 0.15) is 19.0 Å². The molecule has 1 saturated carbocycles. The molecule has 7 heteroatoms. The first-order valence-corrected chi connectivity index (χ1v) is 13.9. The van der Waals surface area contributed by atoms with Gasteiger partial charge in [-0.3, -0.25) is 9.59 Å². The van der Waals surface area contributed by atoms with Crippen molar-refractivity contribution in [3.63, 3.8) is 0 Å². The number of fused-ring (bicyclic) bond motifs is 1. The second kappa shape index (κ2) is 12.8. The minimum absolute atomic E-state index is 0.0610. The summed E-state index contributed by atoms with van der Waals surface area (Å²) in [6.07, 6.45) is 4.09. The van der Waals surface area contributed by atoms with E-state index in [1.54, 1.807) is 12.1 Å². The molecule has 1 fully saturated rings. The average molecular weight is 554 g/mol. The summed E-state index contributed by atoms with van der Waals surface area (Å²) in [4.78, 5) is 29.5. The lowest BCUT2D eigenvalue weighted by atomic mass is 9.85. The molecule has 1 heterocycles. The number of pyridine rings is 1. The van der Waals surface area contributed by atoms with Crippen LogP contribution in [0.3, 0.4) is 0 Å². The van der Waals surface area contributed by atoms with E-state index in [-0.39, 0.29) is 29.5 Å². The molecular formula is C33H31NO5S. The van der Waals surface area contributed by atoms with Gasteiger partial charge in [-0.25, -0.2) is 4.98 Å². The van der Waals surface area contributed by atoms with Crippen molar-refractivity contribution in [3.05, 3.63) is 107 Å². The summed E-state index contributed by atoms with van der Waals surface area (Å²) in [6, 6.07) is 26.9. The number of carbonyl (C=O) groups is 2. The van der Waals surface area contributed by atoms with Crippen LogP contribution in [0.5, 0.6) is 5.75 Å². The summed E-state index contributed by atoms with van der Waals surface area (Å²) in [5, 5.41) is 1.17. The zero-order valence-corrected chi connectivity index (χ0v) is 23.2. The van der Waals surface area contributed by atoms with Crippen molar-refractivity contribution in [2.24, 2.45) is 5.92 Å². The molecule has 0 spiro atoms. The van der Waals surface area contributed by atoms with Crippen LogP contribution in [0.4, 0.5) is 0 Å². The number of hydrogen-bond donors (Lipinski definition) is 0. The summed E-state index contributed by atoms with van der Waals surface area (Å²) < 4.78 is 16.9. The fraction of sp³-hybridized carbons (Fsp3) is 0.273. The van der Waals surface area contributed by atoms with E-state index in [9.17, 15) is 9.59 Å². The van der Waals surface area contributed by atoms with E-state index >= 15 is 0 Å². The molecule has 1 aliphatic carbocycles. The number of esters is 2. The molecule has 3 aromatic carbocycles. The van der Waals surface area contributed by atoms with E-state index in [1.165, 1.54) is 6.92 Å². The Morgan fingerprint density at radius 3 is 2.40 bits per heavy atom. The molecule has 1 atom stereocenters. The Kier molecular flexibility index (Phi) is 8.81. The molecule has 6 nitrogen and oxygen atoms in total. The molecule has 0 amide bonds. The monoisotopic (exact) mass is 553 g/mol. The van der Waals surface area contributed by atoms with E-state index < -0.39 is 5.92 Å². The SMILES string of the molecule is CC(=O)OCc1ccccc1C(=S)OC(=O)C(c1ccc(OCc2ccc3ccccc3n2)cc1)C1CCCC1. The summed E-state index contributed by atoms with van der Waals surface area (Å²) in [5.41, 5.74) is 3.92. The van der Waals surface area contributed by atoms with Gasteiger partial charge >= 0.3 is 11.9 Å². The fourth-order valence-corrected chi connectivity index (χ4v) is 5.52. The molecule has 1 aliphatic rings. The van der Waals surface area contributed by atoms with Gasteiger partial charge < -0.3 is 14.2 Å². The third-order valence-electron chi connectivity index (χ3n) is 7.27. The quantitative estimate of drug-likeness (QED) is 0.162. The highest BCUT2D eigenvalue weighted by atomic mass is 32.1. The van der Waals surface area contributed by atoms with Gasteiger partial charge in [-0.2, -0.15) is 0 Å². The van der Waals surface area contributed by atoms with Crippen molar-refractivity contribution in [1.29, 1.82) is 0 Å². The minimum atomic E-state index is -0.433. The molecule has 1 unspecified atom stereocenters. The van der Waals surface area contributed by atoms with Crippen LogP contribution in [0, 0.1) is 5.92 Å². The summed E-state index contributed by atoms with van der Waals surface area (Å²) in [7, 11) is 0. The largest absolute Gasteiger partial charge is 0.487 e. The van der Waals surface area contributed by atoms with E-state index in [1.807, 2.05) is 72.8 Å². The zero-order chi connectivity index (χ0) is 27.9. The summed E-state index contributed by atoms with van der Waals surface area (Å²) >= 11 is 5.53. The number of thiocarbonyl (C=S) groups is 1. The first-order valence-electron chi connectivity index (χ1n) is 13.5. The standard InChI is InChI=1S/C33H31NO5S/c1-22(35)37-20-26-11-4-6-12-29(26)33(40)39-32(36)31(24-9-2-3-10-24)25-15-18-28(19-16-25)38-21-27-17-14-23-8-5-7-13-30(23)34-27/h4-8,11-19,24,31H,2-3,9-10,20-21H2,1H3. The van der Waals surface area contributed by atoms with Crippen molar-refractivity contribution in [1.82, 2.24) is 4.98 Å². The number of benzene rings is 3. The summed E-state index contributed by atoms with van der Waals surface area (Å²) in [6.45, 7) is 1.76. The number of hydrogen-bond acceptors (Lipinski definition) is 7. The van der Waals surface area contributed by atoms with E-state index in [0.717, 1.165) is 47.8 Å². The molecule has 40 heavy (non-hydrogen) atoms. The van der Waals surface area contributed by atoms with Crippen LogP contribution in [0.1, 0.15) is 60.9 Å². The number of aromatic nitrogens is 1. The molecule has 0 radical (unpaired) electrons. The summed E-state index contributed by atoms with van der Waals surface area (Å²) in [5.74, 6) is -0.308. The number of ether oxygens (including phenoxy) is 3. The van der Waals surface area contributed by atoms with Crippen LogP contribution in [0.15, 0.2) is 84.9 Å². The third-order valence-corrected chi connectivity index (χ3v) is 7.57. The van der Waals surface area contributed by atoms with Crippen LogP contribution in [0.25, 0.3) is 10.9 Å². The second-order valence-corrected chi connectivity index (χ2v) is 10.4. The van der Waals surface area contributed by atoms with Crippen LogP contribution in [-0.2, 0) is 32.3 Å². The van der Waals surface area contributed by atoms with Crippen LogP contribution in [0.2, 0.25) is 0 Å². The van der Waals surface area contributed by atoms with E-state index in [4.69, 9.17) is 26.4 Å². The van der Waals surface area contributed by atoms with Crippen LogP contribution >= 0.6 is 12.2 Å². The first kappa shape index (κ1) is 27.5. The Hall–Kier alpha value is -4.10. The molecule has 0 aliphatic heterocycles. The average Bonchev–Trinajstić information content (AvgIpc) is 3.50. The van der Waals surface area contributed by atoms with Gasteiger partial charge in [0.15, 0.2) is 0 Å². The molecule has 0 saturated heterocycles. The molecular weight excluding hydrogens is 522 g/mol. The third kappa shape index (κ3) is 6.72. The highest BCUT2D eigenvalue weighted by molar-refractivity contribution is 7.80. The van der Waals surface area contributed by atoms with Crippen LogP contribution < -0.4 is 4.74 Å². The normalized spacial score (nSPS) is 14.0. The lowest BCUT2D eigenvalue weighted by Gasteiger charge is -2.23. The Bertz CT molecular complexity index is 1510. The van der Waals surface area contributed by atoms with Crippen LogP contribution in [-0.4, -0.2) is 22.0 Å². The Balaban J connectivity index is 1.28. The van der Waals surface area contributed by atoms with Gasteiger partial charge in [-0.1, -0.05) is 67.4 Å². The van der Waals surface area contributed by atoms with Crippen molar-refractivity contribution in [2.75, 3.05) is 0 Å². The molecule has 0 bridgehead atoms. The fourth-order valence-electron chi connectivity index (χ4n) is 5.24. The molecule has 0 N–H and O–H groups in total. The minimum Gasteiger partial charge on any atom is -0.487 e. The number of nitrogens with zero attached hydrogens (tertiary/aromatic N) is 1. The topological polar surface area (TPSA) is 74.7 Å². The predicted molar refractivity (Wildman–Crippen MR) is 157 cm³/mol. The maximum atomic E-state index is 13.6. The second-order valence-electron chi connectivity index (χ2n) is 10.0. The van der Waals surface area contributed by atoms with Gasteiger partial charge in [0.05, 0.1) is 17.1 Å². The van der Waals surface area contributed by atoms with E-state index in [0.29, 0.717) is 23.5 Å². The Labute approximate surface area is 239 Å². The number of para-hydroxylation sites is 1. The van der Waals surface area contributed by atoms with Crippen molar-refractivity contribution in [2.45, 2.75) is 51.7 Å². The zero-order valence-electron chi connectivity index (χ0n) is 22.4. The molecule has 4 aromatic rings. The van der Waals surface area contributed by atoms with Gasteiger partial charge in [0, 0.05) is 23.4 Å². The maximum absolute atomic E-state index is 13.6. The molecule has 204 valence electrons. The lowest BCUT2D eigenvalue weighted by molar-refractivity contribution is -0.142. The smallest absolute Gasteiger partial charge is 0.319 e. The Morgan fingerprint density at radius 1 is 0.900 bits per heavy atom. The highest BCUT2D eigenvalue weighted by Gasteiger charge is 2.34. The van der Waals surface area contributed by atoms with Crippen molar-refractivity contribution < 1.29 is 23.8 Å². The van der Waals surface area contributed by atoms with Crippen molar-refractivity contribution in [3.8, 4) is 5.75 Å². The number of carbonyl (C=O) groups excluding carboxylic acids is 2. The molecule has 5 rings (SSSR count). The number of rotatable bonds is 9. The van der Waals surface area contributed by atoms with Gasteiger partial charge in [-0.05, 0) is 66.9 Å². The van der Waals surface area contributed by atoms with E-state index in [2.05, 4.69) is 4.98 Å². The van der Waals surface area contributed by atoms with Gasteiger partial charge in [0.2, 0.25) is 5.05 Å². The first-order chi connectivity index (χ1) is 19.5. The maximum Gasteiger partial charge on any atom is 0.319 e. The van der Waals surface area contributed by atoms with Crippen molar-refractivity contribution >= 4 is 40.1 Å². The molecule has 1 aromatic heterocycles.